The van der Waals surface area contributed by atoms with Crippen molar-refractivity contribution in [2.75, 3.05) is 18.0 Å². The molecule has 3 nitrogen and oxygen atoms in total. The fourth-order valence-corrected chi connectivity index (χ4v) is 2.97. The summed E-state index contributed by atoms with van der Waals surface area (Å²) in [7, 11) is 0. The number of halogens is 1. The zero-order valence-electron chi connectivity index (χ0n) is 8.96. The minimum absolute atomic E-state index is 0.0201. The van der Waals surface area contributed by atoms with Crippen LogP contribution >= 0.6 is 22.9 Å². The van der Waals surface area contributed by atoms with Gasteiger partial charge in [-0.2, -0.15) is 0 Å². The first-order valence-corrected chi connectivity index (χ1v) is 6.22. The van der Waals surface area contributed by atoms with Gasteiger partial charge in [0.25, 0.3) is 0 Å². The molecule has 0 amide bonds. The number of anilines is 1. The smallest absolute Gasteiger partial charge is 0.187 e. The van der Waals surface area contributed by atoms with Crippen molar-refractivity contribution < 1.29 is 5.11 Å². The Morgan fingerprint density at radius 2 is 2.33 bits per heavy atom. The van der Waals surface area contributed by atoms with Gasteiger partial charge in [-0.1, -0.05) is 36.8 Å². The lowest BCUT2D eigenvalue weighted by molar-refractivity contribution is 0.285. The maximum absolute atomic E-state index is 9.04. The number of hydrogen-bond donors (Lipinski definition) is 1. The van der Waals surface area contributed by atoms with Gasteiger partial charge < -0.3 is 10.0 Å². The average molecular weight is 247 g/mol. The Kier molecular flexibility index (Phi) is 2.92. The molecule has 0 aliphatic carbocycles. The summed E-state index contributed by atoms with van der Waals surface area (Å²) in [6.07, 6.45) is 1.18. The van der Waals surface area contributed by atoms with E-state index in [1.165, 1.54) is 17.8 Å². The Balaban J connectivity index is 2.17. The van der Waals surface area contributed by atoms with Gasteiger partial charge in [0.2, 0.25) is 0 Å². The van der Waals surface area contributed by atoms with Crippen LogP contribution < -0.4 is 4.90 Å². The fourth-order valence-electron chi connectivity index (χ4n) is 1.83. The number of thiazole rings is 1. The first-order valence-electron chi connectivity index (χ1n) is 5.03. The molecule has 0 atom stereocenters. The van der Waals surface area contributed by atoms with Crippen LogP contribution in [0.25, 0.3) is 0 Å². The van der Waals surface area contributed by atoms with Crippen molar-refractivity contribution in [2.45, 2.75) is 26.9 Å². The normalized spacial score (nSPS) is 19.9. The molecule has 1 fully saturated rings. The Morgan fingerprint density at radius 1 is 1.60 bits per heavy atom. The zero-order valence-corrected chi connectivity index (χ0v) is 10.5. The molecule has 5 heteroatoms. The van der Waals surface area contributed by atoms with Crippen LogP contribution in [0.5, 0.6) is 0 Å². The third kappa shape index (κ3) is 2.27. The highest BCUT2D eigenvalue weighted by Gasteiger charge is 2.31. The monoisotopic (exact) mass is 246 g/mol. The number of hydrogen-bond acceptors (Lipinski definition) is 4. The van der Waals surface area contributed by atoms with Crippen molar-refractivity contribution in [1.82, 2.24) is 4.98 Å². The fraction of sp³-hybridized carbons (Fsp3) is 0.700. The summed E-state index contributed by atoms with van der Waals surface area (Å²) in [4.78, 5) is 7.29. The molecule has 1 N–H and O–H groups in total. The van der Waals surface area contributed by atoms with E-state index in [-0.39, 0.29) is 6.61 Å². The van der Waals surface area contributed by atoms with Crippen LogP contribution in [0.4, 0.5) is 5.13 Å². The highest BCUT2D eigenvalue weighted by Crippen LogP contribution is 2.36. The molecule has 1 saturated heterocycles. The van der Waals surface area contributed by atoms with Crippen LogP contribution in [-0.2, 0) is 6.61 Å². The molecule has 0 saturated carbocycles. The van der Waals surface area contributed by atoms with Crippen molar-refractivity contribution in [3.63, 3.8) is 0 Å². The van der Waals surface area contributed by atoms with Gasteiger partial charge in [-0.05, 0) is 11.8 Å². The number of rotatable bonds is 2. The molecule has 2 rings (SSSR count). The van der Waals surface area contributed by atoms with Crippen LogP contribution in [0, 0.1) is 5.41 Å². The summed E-state index contributed by atoms with van der Waals surface area (Å²) in [6, 6.07) is 0. The van der Waals surface area contributed by atoms with Gasteiger partial charge in [0.15, 0.2) is 5.13 Å². The number of aliphatic hydroxyl groups is 1. The van der Waals surface area contributed by atoms with Crippen LogP contribution in [-0.4, -0.2) is 23.2 Å². The van der Waals surface area contributed by atoms with Crippen molar-refractivity contribution in [3.05, 3.63) is 10.0 Å². The van der Waals surface area contributed by atoms with E-state index in [0.717, 1.165) is 23.1 Å². The predicted octanol–water partition coefficient (Wildman–Crippen LogP) is 2.53. The lowest BCUT2D eigenvalue weighted by Gasteiger charge is -2.18. The van der Waals surface area contributed by atoms with Gasteiger partial charge in [-0.15, -0.1) is 0 Å². The van der Waals surface area contributed by atoms with Crippen LogP contribution in [0.15, 0.2) is 0 Å². The standard InChI is InChI=1S/C10H15ClN2OS/c1-10(2)3-4-13(6-10)9-12-8(11)7(5-14)15-9/h14H,3-6H2,1-2H3. The van der Waals surface area contributed by atoms with Crippen LogP contribution in [0.1, 0.15) is 25.1 Å². The van der Waals surface area contributed by atoms with Gasteiger partial charge in [0.05, 0.1) is 11.5 Å². The second-order valence-corrected chi connectivity index (χ2v) is 6.12. The molecular weight excluding hydrogens is 232 g/mol. The number of aliphatic hydroxyl groups excluding tert-OH is 1. The van der Waals surface area contributed by atoms with E-state index >= 15 is 0 Å². The van der Waals surface area contributed by atoms with Crippen molar-refractivity contribution in [1.29, 1.82) is 0 Å². The Morgan fingerprint density at radius 3 is 2.80 bits per heavy atom. The summed E-state index contributed by atoms with van der Waals surface area (Å²) >= 11 is 7.40. The summed E-state index contributed by atoms with van der Waals surface area (Å²) in [5.74, 6) is 0. The number of aromatic nitrogens is 1. The second kappa shape index (κ2) is 3.92. The van der Waals surface area contributed by atoms with Crippen molar-refractivity contribution in [3.8, 4) is 0 Å². The summed E-state index contributed by atoms with van der Waals surface area (Å²) in [5.41, 5.74) is 0.359. The Bertz CT molecular complexity index is 364. The molecule has 0 unspecified atom stereocenters. The van der Waals surface area contributed by atoms with E-state index in [0.29, 0.717) is 10.6 Å². The molecule has 0 spiro atoms. The van der Waals surface area contributed by atoms with Crippen LogP contribution in [0.2, 0.25) is 5.15 Å². The van der Waals surface area contributed by atoms with Crippen molar-refractivity contribution >= 4 is 28.1 Å². The third-order valence-electron chi connectivity index (χ3n) is 2.73. The summed E-state index contributed by atoms with van der Waals surface area (Å²) in [5, 5.41) is 10.4. The largest absolute Gasteiger partial charge is 0.391 e. The molecule has 2 heterocycles. The summed E-state index contributed by atoms with van der Waals surface area (Å²) < 4.78 is 0. The molecule has 1 aromatic rings. The maximum atomic E-state index is 9.04. The average Bonchev–Trinajstić information content (AvgIpc) is 2.69. The highest BCUT2D eigenvalue weighted by atomic mass is 35.5. The quantitative estimate of drug-likeness (QED) is 0.871. The van der Waals surface area contributed by atoms with Crippen LogP contribution in [0.3, 0.4) is 0 Å². The summed E-state index contributed by atoms with van der Waals surface area (Å²) in [6.45, 7) is 6.54. The molecule has 84 valence electrons. The van der Waals surface area contributed by atoms with Gasteiger partial charge in [0, 0.05) is 13.1 Å². The SMILES string of the molecule is CC1(C)CCN(c2nc(Cl)c(CO)s2)C1. The lowest BCUT2D eigenvalue weighted by atomic mass is 9.93. The molecule has 15 heavy (non-hydrogen) atoms. The highest BCUT2D eigenvalue weighted by molar-refractivity contribution is 7.16. The lowest BCUT2D eigenvalue weighted by Crippen LogP contribution is -2.22. The minimum atomic E-state index is -0.0201. The number of nitrogens with zero attached hydrogens (tertiary/aromatic N) is 2. The minimum Gasteiger partial charge on any atom is -0.391 e. The van der Waals surface area contributed by atoms with Gasteiger partial charge >= 0.3 is 0 Å². The van der Waals surface area contributed by atoms with E-state index in [1.54, 1.807) is 0 Å². The molecule has 1 aromatic heterocycles. The van der Waals surface area contributed by atoms with E-state index in [1.807, 2.05) is 0 Å². The van der Waals surface area contributed by atoms with Crippen molar-refractivity contribution in [2.24, 2.45) is 5.41 Å². The zero-order chi connectivity index (χ0) is 11.1. The van der Waals surface area contributed by atoms with E-state index in [4.69, 9.17) is 16.7 Å². The first kappa shape index (κ1) is 11.2. The van der Waals surface area contributed by atoms with E-state index in [2.05, 4.69) is 23.7 Å². The van der Waals surface area contributed by atoms with Gasteiger partial charge in [-0.25, -0.2) is 4.98 Å². The third-order valence-corrected chi connectivity index (χ3v) is 4.26. The molecular formula is C10H15ClN2OS. The molecule has 0 radical (unpaired) electrons. The van der Waals surface area contributed by atoms with Gasteiger partial charge in [-0.3, -0.25) is 0 Å². The molecule has 0 aromatic carbocycles. The predicted molar refractivity (Wildman–Crippen MR) is 63.7 cm³/mol. The van der Waals surface area contributed by atoms with E-state index < -0.39 is 0 Å². The molecule has 0 bridgehead atoms. The topological polar surface area (TPSA) is 36.4 Å². The molecule has 1 aliphatic rings. The second-order valence-electron chi connectivity index (χ2n) is 4.70. The Labute approximate surface area is 98.7 Å². The van der Waals surface area contributed by atoms with Gasteiger partial charge in [0.1, 0.15) is 5.15 Å². The first-order chi connectivity index (χ1) is 7.02. The maximum Gasteiger partial charge on any atom is 0.187 e. The Hall–Kier alpha value is -0.320. The van der Waals surface area contributed by atoms with E-state index in [9.17, 15) is 0 Å². The molecule has 1 aliphatic heterocycles.